The molecule has 9 heteroatoms. The largest absolute Gasteiger partial charge is 0.493 e. The van der Waals surface area contributed by atoms with Crippen molar-refractivity contribution < 1.29 is 14.3 Å². The monoisotopic (exact) mass is 424 g/mol. The van der Waals surface area contributed by atoms with Crippen LogP contribution < -0.4 is 20.3 Å². The number of amides is 1. The van der Waals surface area contributed by atoms with E-state index in [9.17, 15) is 9.59 Å². The summed E-state index contributed by atoms with van der Waals surface area (Å²) in [6, 6.07) is 14.6. The highest BCUT2D eigenvalue weighted by atomic mass is 35.5. The van der Waals surface area contributed by atoms with Gasteiger partial charge < -0.3 is 14.8 Å². The number of anilines is 1. The molecule has 0 radical (unpaired) electrons. The highest BCUT2D eigenvalue weighted by Crippen LogP contribution is 2.31. The van der Waals surface area contributed by atoms with Crippen molar-refractivity contribution in [2.75, 3.05) is 19.5 Å². The third-order valence-corrected chi connectivity index (χ3v) is 4.45. The average Bonchev–Trinajstić information content (AvgIpc) is 2.75. The minimum Gasteiger partial charge on any atom is -0.493 e. The summed E-state index contributed by atoms with van der Waals surface area (Å²) in [6.07, 6.45) is 0. The maximum Gasteiger partial charge on any atom is 0.267 e. The Bertz CT molecular complexity index is 1200. The Morgan fingerprint density at radius 1 is 1.13 bits per heavy atom. The third kappa shape index (κ3) is 4.59. The Kier molecular flexibility index (Phi) is 6.35. The van der Waals surface area contributed by atoms with Crippen LogP contribution in [-0.2, 0) is 11.3 Å². The van der Waals surface area contributed by atoms with Gasteiger partial charge in [0.1, 0.15) is 12.6 Å². The molecule has 3 aromatic rings. The number of aromatic nitrogens is 2. The summed E-state index contributed by atoms with van der Waals surface area (Å²) in [6.45, 7) is -0.336. The number of carbonyl (C=O) groups excluding carboxylic acids is 1. The highest BCUT2D eigenvalue weighted by molar-refractivity contribution is 6.31. The molecule has 1 heterocycles. The molecule has 0 spiro atoms. The molecule has 0 unspecified atom stereocenters. The molecule has 1 aromatic heterocycles. The number of benzene rings is 2. The fourth-order valence-corrected chi connectivity index (χ4v) is 2.93. The van der Waals surface area contributed by atoms with Crippen LogP contribution in [0.3, 0.4) is 0 Å². The van der Waals surface area contributed by atoms with Crippen LogP contribution in [0.4, 0.5) is 5.69 Å². The number of nitriles is 1. The zero-order valence-corrected chi connectivity index (χ0v) is 16.9. The second-order valence-corrected chi connectivity index (χ2v) is 6.57. The summed E-state index contributed by atoms with van der Waals surface area (Å²) >= 11 is 5.93. The average molecular weight is 425 g/mol. The smallest absolute Gasteiger partial charge is 0.267 e. The summed E-state index contributed by atoms with van der Waals surface area (Å²) in [7, 11) is 3.05. The van der Waals surface area contributed by atoms with Crippen LogP contribution in [0.1, 0.15) is 5.56 Å². The molecule has 0 fully saturated rings. The molecule has 0 aliphatic rings. The van der Waals surface area contributed by atoms with Gasteiger partial charge in [0.25, 0.3) is 5.56 Å². The van der Waals surface area contributed by atoms with Gasteiger partial charge in [-0.15, -0.1) is 0 Å². The van der Waals surface area contributed by atoms with E-state index < -0.39 is 11.5 Å². The molecule has 2 aromatic carbocycles. The van der Waals surface area contributed by atoms with Crippen molar-refractivity contribution in [1.29, 1.82) is 5.26 Å². The lowest BCUT2D eigenvalue weighted by molar-refractivity contribution is -0.117. The second-order valence-electron chi connectivity index (χ2n) is 6.13. The number of nitrogens with zero attached hydrogens (tertiary/aromatic N) is 3. The van der Waals surface area contributed by atoms with Crippen molar-refractivity contribution in [3.63, 3.8) is 0 Å². The number of ether oxygens (including phenoxy) is 2. The molecule has 0 bridgehead atoms. The van der Waals surface area contributed by atoms with Crippen molar-refractivity contribution in [2.45, 2.75) is 6.54 Å². The van der Waals surface area contributed by atoms with E-state index in [0.29, 0.717) is 27.8 Å². The zero-order chi connectivity index (χ0) is 21.7. The van der Waals surface area contributed by atoms with Crippen LogP contribution in [0.15, 0.2) is 53.3 Å². The molecule has 1 amide bonds. The first-order valence-corrected chi connectivity index (χ1v) is 9.13. The van der Waals surface area contributed by atoms with E-state index in [1.807, 2.05) is 6.07 Å². The van der Waals surface area contributed by atoms with Crippen LogP contribution in [-0.4, -0.2) is 29.9 Å². The molecular weight excluding hydrogens is 408 g/mol. The van der Waals surface area contributed by atoms with Crippen LogP contribution in [0.5, 0.6) is 11.5 Å². The summed E-state index contributed by atoms with van der Waals surface area (Å²) in [4.78, 5) is 24.6. The van der Waals surface area contributed by atoms with Gasteiger partial charge in [0.05, 0.1) is 31.2 Å². The SMILES string of the molecule is COc1ccc(-c2ccc(=O)n(CC(=O)Nc3cc(Cl)ccc3C#N)n2)cc1OC. The van der Waals surface area contributed by atoms with Gasteiger partial charge in [-0.25, -0.2) is 4.68 Å². The number of methoxy groups -OCH3 is 2. The number of rotatable bonds is 6. The van der Waals surface area contributed by atoms with E-state index in [0.717, 1.165) is 4.68 Å². The van der Waals surface area contributed by atoms with E-state index in [4.69, 9.17) is 26.3 Å². The summed E-state index contributed by atoms with van der Waals surface area (Å²) in [5, 5.41) is 16.4. The fourth-order valence-electron chi connectivity index (χ4n) is 2.75. The van der Waals surface area contributed by atoms with Crippen molar-refractivity contribution >= 4 is 23.2 Å². The molecule has 0 aliphatic heterocycles. The van der Waals surface area contributed by atoms with Gasteiger partial charge in [-0.3, -0.25) is 9.59 Å². The molecule has 0 aliphatic carbocycles. The lowest BCUT2D eigenvalue weighted by Crippen LogP contribution is -2.29. The molecule has 1 N–H and O–H groups in total. The van der Waals surface area contributed by atoms with E-state index in [-0.39, 0.29) is 17.8 Å². The van der Waals surface area contributed by atoms with Crippen molar-refractivity contribution in [3.05, 3.63) is 69.5 Å². The summed E-state index contributed by atoms with van der Waals surface area (Å²) < 4.78 is 11.6. The molecule has 8 nitrogen and oxygen atoms in total. The van der Waals surface area contributed by atoms with Crippen LogP contribution in [0.25, 0.3) is 11.3 Å². The number of hydrogen-bond acceptors (Lipinski definition) is 6. The summed E-state index contributed by atoms with van der Waals surface area (Å²) in [5.74, 6) is 0.550. The zero-order valence-electron chi connectivity index (χ0n) is 16.2. The Balaban J connectivity index is 1.86. The number of carbonyl (C=O) groups is 1. The number of hydrogen-bond donors (Lipinski definition) is 1. The van der Waals surface area contributed by atoms with E-state index in [2.05, 4.69) is 10.4 Å². The minimum atomic E-state index is -0.521. The van der Waals surface area contributed by atoms with Gasteiger partial charge in [-0.2, -0.15) is 10.4 Å². The first kappa shape index (κ1) is 20.9. The fraction of sp³-hybridized carbons (Fsp3) is 0.143. The maximum absolute atomic E-state index is 12.4. The van der Waals surface area contributed by atoms with Crippen LogP contribution in [0.2, 0.25) is 5.02 Å². The molecule has 30 heavy (non-hydrogen) atoms. The van der Waals surface area contributed by atoms with Gasteiger partial charge >= 0.3 is 0 Å². The third-order valence-electron chi connectivity index (χ3n) is 4.22. The lowest BCUT2D eigenvalue weighted by Gasteiger charge is -2.11. The lowest BCUT2D eigenvalue weighted by atomic mass is 10.1. The molecule has 0 atom stereocenters. The molecule has 152 valence electrons. The van der Waals surface area contributed by atoms with Gasteiger partial charge in [0, 0.05) is 16.7 Å². The van der Waals surface area contributed by atoms with Crippen molar-refractivity contribution in [2.24, 2.45) is 0 Å². The van der Waals surface area contributed by atoms with Crippen molar-refractivity contribution in [1.82, 2.24) is 9.78 Å². The van der Waals surface area contributed by atoms with Gasteiger partial charge in [-0.1, -0.05) is 11.6 Å². The molecule has 3 rings (SSSR count). The topological polar surface area (TPSA) is 106 Å². The van der Waals surface area contributed by atoms with Gasteiger partial charge in [-0.05, 0) is 42.5 Å². The molecular formula is C21H17ClN4O4. The maximum atomic E-state index is 12.4. The van der Waals surface area contributed by atoms with Crippen LogP contribution in [0, 0.1) is 11.3 Å². The first-order valence-electron chi connectivity index (χ1n) is 8.75. The van der Waals surface area contributed by atoms with Crippen molar-refractivity contribution in [3.8, 4) is 28.8 Å². The minimum absolute atomic E-state index is 0.257. The predicted octanol–water partition coefficient (Wildman–Crippen LogP) is 3.09. The Labute approximate surface area is 177 Å². The Morgan fingerprint density at radius 2 is 1.90 bits per heavy atom. The Morgan fingerprint density at radius 3 is 2.60 bits per heavy atom. The second kappa shape index (κ2) is 9.11. The van der Waals surface area contributed by atoms with E-state index in [1.54, 1.807) is 30.3 Å². The number of halogens is 1. The van der Waals surface area contributed by atoms with Crippen LogP contribution >= 0.6 is 11.6 Å². The summed E-state index contributed by atoms with van der Waals surface area (Å²) in [5.41, 5.74) is 1.24. The van der Waals surface area contributed by atoms with Gasteiger partial charge in [0.2, 0.25) is 5.91 Å². The number of nitrogens with one attached hydrogen (secondary N) is 1. The predicted molar refractivity (Wildman–Crippen MR) is 112 cm³/mol. The standard InChI is InChI=1S/C21H17ClN4O4/c1-29-18-7-4-13(9-19(18)30-2)16-6-8-21(28)26(25-16)12-20(27)24-17-10-15(22)5-3-14(17)11-23/h3-10H,12H2,1-2H3,(H,24,27). The Hall–Kier alpha value is -3.83. The molecule has 0 saturated carbocycles. The van der Waals surface area contributed by atoms with E-state index >= 15 is 0 Å². The quantitative estimate of drug-likeness (QED) is 0.651. The van der Waals surface area contributed by atoms with E-state index in [1.165, 1.54) is 32.4 Å². The first-order chi connectivity index (χ1) is 14.4. The highest BCUT2D eigenvalue weighted by Gasteiger charge is 2.12. The molecule has 0 saturated heterocycles. The normalized spacial score (nSPS) is 10.2. The van der Waals surface area contributed by atoms with Gasteiger partial charge in [0.15, 0.2) is 11.5 Å².